The van der Waals surface area contributed by atoms with Crippen molar-refractivity contribution in [1.29, 1.82) is 5.26 Å². The molecule has 0 aliphatic carbocycles. The Balaban J connectivity index is 1.21. The number of piperidine rings is 1. The van der Waals surface area contributed by atoms with Crippen LogP contribution in [0.5, 0.6) is 0 Å². The van der Waals surface area contributed by atoms with Gasteiger partial charge in [0, 0.05) is 38.3 Å². The minimum atomic E-state index is -0.392. The Kier molecular flexibility index (Phi) is 8.25. The number of carbonyl (C=O) groups excluding carboxylic acids is 1. The van der Waals surface area contributed by atoms with Crippen molar-refractivity contribution in [2.75, 3.05) is 37.6 Å². The van der Waals surface area contributed by atoms with Gasteiger partial charge in [0.05, 0.1) is 17.3 Å². The normalized spacial score (nSPS) is 21.5. The highest BCUT2D eigenvalue weighted by atomic mass is 19.1. The number of piperazine rings is 1. The van der Waals surface area contributed by atoms with Gasteiger partial charge in [0.15, 0.2) is 0 Å². The molecule has 2 amide bonds. The van der Waals surface area contributed by atoms with Crippen LogP contribution in [0, 0.1) is 23.1 Å². The largest absolute Gasteiger partial charge is 0.365 e. The van der Waals surface area contributed by atoms with Crippen LogP contribution in [0.15, 0.2) is 48.5 Å². The van der Waals surface area contributed by atoms with Crippen molar-refractivity contribution in [1.82, 2.24) is 15.1 Å². The summed E-state index contributed by atoms with van der Waals surface area (Å²) in [5.74, 6) is 0.254. The number of likely N-dealkylation sites (tertiary alicyclic amines) is 1. The van der Waals surface area contributed by atoms with Gasteiger partial charge in [-0.25, -0.2) is 9.18 Å². The molecule has 2 fully saturated rings. The van der Waals surface area contributed by atoms with Crippen molar-refractivity contribution in [3.05, 3.63) is 65.5 Å². The number of rotatable bonds is 6. The van der Waals surface area contributed by atoms with Crippen molar-refractivity contribution in [2.24, 2.45) is 5.92 Å². The first-order chi connectivity index (χ1) is 16.9. The van der Waals surface area contributed by atoms with E-state index in [0.717, 1.165) is 26.1 Å². The van der Waals surface area contributed by atoms with E-state index in [-0.39, 0.29) is 18.1 Å². The van der Waals surface area contributed by atoms with Crippen molar-refractivity contribution < 1.29 is 9.18 Å². The van der Waals surface area contributed by atoms with Gasteiger partial charge in [0.1, 0.15) is 5.82 Å². The zero-order valence-corrected chi connectivity index (χ0v) is 20.8. The van der Waals surface area contributed by atoms with Crippen LogP contribution < -0.4 is 10.2 Å². The standard InChI is InChI=1S/C28H36FN5O/c1-21-18-33(27-9-8-25(17-30)16-26(27)29)19-22(2)34(21)28(35)31-13-10-23-11-14-32(15-12-23)20-24-6-4-3-5-7-24/h3-9,16,21-23H,10-15,18-20H2,1-2H3,(H,31,35)/t21-,22+. The average molecular weight is 478 g/mol. The lowest BCUT2D eigenvalue weighted by Crippen LogP contribution is -2.61. The fourth-order valence-electron chi connectivity index (χ4n) is 5.50. The van der Waals surface area contributed by atoms with E-state index in [1.54, 1.807) is 12.1 Å². The van der Waals surface area contributed by atoms with E-state index in [1.165, 1.54) is 24.5 Å². The minimum absolute atomic E-state index is 0.0357. The van der Waals surface area contributed by atoms with Crippen molar-refractivity contribution in [3.8, 4) is 6.07 Å². The maximum atomic E-state index is 14.5. The Bertz CT molecular complexity index is 1020. The Labute approximate surface area is 208 Å². The molecule has 4 rings (SSSR count). The average Bonchev–Trinajstić information content (AvgIpc) is 2.85. The summed E-state index contributed by atoms with van der Waals surface area (Å²) in [5.41, 5.74) is 2.16. The fourth-order valence-corrected chi connectivity index (χ4v) is 5.50. The quantitative estimate of drug-likeness (QED) is 0.660. The van der Waals surface area contributed by atoms with Gasteiger partial charge < -0.3 is 15.1 Å². The monoisotopic (exact) mass is 477 g/mol. The molecular weight excluding hydrogens is 441 g/mol. The van der Waals surface area contributed by atoms with Gasteiger partial charge in [-0.2, -0.15) is 5.26 Å². The number of carbonyl (C=O) groups is 1. The molecule has 35 heavy (non-hydrogen) atoms. The summed E-state index contributed by atoms with van der Waals surface area (Å²) in [6.45, 7) is 9.04. The highest BCUT2D eigenvalue weighted by Gasteiger charge is 2.34. The molecular formula is C28H36FN5O. The van der Waals surface area contributed by atoms with E-state index in [2.05, 4.69) is 40.5 Å². The number of nitrogens with one attached hydrogen (secondary N) is 1. The molecule has 2 aromatic carbocycles. The van der Waals surface area contributed by atoms with Gasteiger partial charge in [-0.1, -0.05) is 30.3 Å². The molecule has 6 nitrogen and oxygen atoms in total. The Morgan fingerprint density at radius 3 is 2.40 bits per heavy atom. The summed E-state index contributed by atoms with van der Waals surface area (Å²) >= 11 is 0. The van der Waals surface area contributed by atoms with Crippen LogP contribution in [0.2, 0.25) is 0 Å². The summed E-state index contributed by atoms with van der Waals surface area (Å²) in [6.07, 6.45) is 3.35. The lowest BCUT2D eigenvalue weighted by atomic mass is 9.93. The molecule has 0 saturated carbocycles. The van der Waals surface area contributed by atoms with Gasteiger partial charge >= 0.3 is 6.03 Å². The summed E-state index contributed by atoms with van der Waals surface area (Å²) in [6, 6.07) is 17.0. The molecule has 2 aromatic rings. The Morgan fingerprint density at radius 2 is 1.77 bits per heavy atom. The summed E-state index contributed by atoms with van der Waals surface area (Å²) in [5, 5.41) is 12.1. The number of nitriles is 1. The van der Waals surface area contributed by atoms with Crippen LogP contribution >= 0.6 is 0 Å². The van der Waals surface area contributed by atoms with E-state index < -0.39 is 5.82 Å². The van der Waals surface area contributed by atoms with Crippen LogP contribution in [0.4, 0.5) is 14.9 Å². The van der Waals surface area contributed by atoms with E-state index in [4.69, 9.17) is 5.26 Å². The van der Waals surface area contributed by atoms with Crippen LogP contribution in [-0.4, -0.2) is 60.6 Å². The molecule has 186 valence electrons. The first-order valence-corrected chi connectivity index (χ1v) is 12.7. The van der Waals surface area contributed by atoms with Crippen molar-refractivity contribution in [3.63, 3.8) is 0 Å². The Morgan fingerprint density at radius 1 is 1.09 bits per heavy atom. The number of amides is 2. The number of nitrogens with zero attached hydrogens (tertiary/aromatic N) is 4. The zero-order chi connectivity index (χ0) is 24.8. The number of halogens is 1. The number of urea groups is 1. The molecule has 2 saturated heterocycles. The molecule has 0 aromatic heterocycles. The fraction of sp³-hybridized carbons (Fsp3) is 0.500. The summed E-state index contributed by atoms with van der Waals surface area (Å²) < 4.78 is 14.5. The number of hydrogen-bond donors (Lipinski definition) is 1. The second-order valence-electron chi connectivity index (χ2n) is 10.0. The zero-order valence-electron chi connectivity index (χ0n) is 20.8. The predicted molar refractivity (Wildman–Crippen MR) is 137 cm³/mol. The van der Waals surface area contributed by atoms with Gasteiger partial charge in [-0.3, -0.25) is 4.90 Å². The van der Waals surface area contributed by atoms with Crippen LogP contribution in [0.1, 0.15) is 44.2 Å². The highest BCUT2D eigenvalue weighted by molar-refractivity contribution is 5.75. The lowest BCUT2D eigenvalue weighted by Gasteiger charge is -2.45. The van der Waals surface area contributed by atoms with E-state index in [1.807, 2.05) is 29.7 Å². The topological polar surface area (TPSA) is 62.6 Å². The molecule has 0 bridgehead atoms. The van der Waals surface area contributed by atoms with Gasteiger partial charge in [-0.05, 0) is 75.9 Å². The molecule has 0 spiro atoms. The van der Waals surface area contributed by atoms with Gasteiger partial charge in [0.2, 0.25) is 0 Å². The third kappa shape index (κ3) is 6.32. The molecule has 2 atom stereocenters. The molecule has 0 unspecified atom stereocenters. The maximum absolute atomic E-state index is 14.5. The number of anilines is 1. The molecule has 2 aliphatic rings. The van der Waals surface area contributed by atoms with Crippen LogP contribution in [0.25, 0.3) is 0 Å². The smallest absolute Gasteiger partial charge is 0.318 e. The first-order valence-electron chi connectivity index (χ1n) is 12.7. The van der Waals surface area contributed by atoms with Crippen molar-refractivity contribution >= 4 is 11.7 Å². The SMILES string of the molecule is C[C@@H]1CN(c2ccc(C#N)cc2F)C[C@H](C)N1C(=O)NCCC1CCN(Cc2ccccc2)CC1. The molecule has 0 radical (unpaired) electrons. The minimum Gasteiger partial charge on any atom is -0.365 e. The van der Waals surface area contributed by atoms with E-state index in [0.29, 0.717) is 36.8 Å². The first kappa shape index (κ1) is 25.0. The molecule has 1 N–H and O–H groups in total. The Hall–Kier alpha value is -3.11. The predicted octanol–water partition coefficient (Wildman–Crippen LogP) is 4.61. The highest BCUT2D eigenvalue weighted by Crippen LogP contribution is 2.26. The van der Waals surface area contributed by atoms with Crippen LogP contribution in [0.3, 0.4) is 0 Å². The molecule has 2 heterocycles. The number of hydrogen-bond acceptors (Lipinski definition) is 4. The molecule has 7 heteroatoms. The van der Waals surface area contributed by atoms with Crippen LogP contribution in [-0.2, 0) is 6.54 Å². The van der Waals surface area contributed by atoms with E-state index in [9.17, 15) is 9.18 Å². The van der Waals surface area contributed by atoms with Gasteiger partial charge in [0.25, 0.3) is 0 Å². The third-order valence-electron chi connectivity index (χ3n) is 7.36. The molecule has 2 aliphatic heterocycles. The summed E-state index contributed by atoms with van der Waals surface area (Å²) in [4.78, 5) is 19.4. The van der Waals surface area contributed by atoms with Gasteiger partial charge in [-0.15, -0.1) is 0 Å². The number of benzene rings is 2. The second kappa shape index (κ2) is 11.5. The van der Waals surface area contributed by atoms with Crippen molar-refractivity contribution in [2.45, 2.75) is 51.7 Å². The summed E-state index contributed by atoms with van der Waals surface area (Å²) in [7, 11) is 0. The van der Waals surface area contributed by atoms with E-state index >= 15 is 0 Å². The maximum Gasteiger partial charge on any atom is 0.318 e. The third-order valence-corrected chi connectivity index (χ3v) is 7.36. The lowest BCUT2D eigenvalue weighted by molar-refractivity contribution is 0.139. The second-order valence-corrected chi connectivity index (χ2v) is 10.0.